The standard InChI is InChI=1S/C11H22N2O/c1-3-7-12-10-5-8-13(9-6-10)11(14)4-2/h10,12H,3-9H2,1-2H3. The summed E-state index contributed by atoms with van der Waals surface area (Å²) >= 11 is 0. The van der Waals surface area contributed by atoms with Gasteiger partial charge in [0.1, 0.15) is 0 Å². The Bertz CT molecular complexity index is 174. The quantitative estimate of drug-likeness (QED) is 0.740. The van der Waals surface area contributed by atoms with Crippen LogP contribution in [0.15, 0.2) is 0 Å². The molecular formula is C11H22N2O. The van der Waals surface area contributed by atoms with Crippen LogP contribution < -0.4 is 5.32 Å². The van der Waals surface area contributed by atoms with Gasteiger partial charge in [-0.05, 0) is 25.8 Å². The minimum atomic E-state index is 0.305. The molecule has 1 aliphatic rings. The molecule has 1 saturated heterocycles. The van der Waals surface area contributed by atoms with Gasteiger partial charge in [-0.1, -0.05) is 13.8 Å². The Kier molecular flexibility index (Phi) is 4.94. The fourth-order valence-electron chi connectivity index (χ4n) is 1.91. The van der Waals surface area contributed by atoms with Gasteiger partial charge in [-0.2, -0.15) is 0 Å². The van der Waals surface area contributed by atoms with Crippen molar-refractivity contribution >= 4 is 5.91 Å². The molecule has 1 heterocycles. The second-order valence-corrected chi connectivity index (χ2v) is 3.96. The number of rotatable bonds is 4. The molecule has 0 bridgehead atoms. The maximum absolute atomic E-state index is 11.4. The van der Waals surface area contributed by atoms with Crippen LogP contribution in [0.25, 0.3) is 0 Å². The average Bonchev–Trinajstić information content (AvgIpc) is 2.26. The molecular weight excluding hydrogens is 176 g/mol. The van der Waals surface area contributed by atoms with E-state index in [1.54, 1.807) is 0 Å². The Morgan fingerprint density at radius 1 is 1.36 bits per heavy atom. The van der Waals surface area contributed by atoms with Crippen LogP contribution in [0, 0.1) is 0 Å². The minimum Gasteiger partial charge on any atom is -0.343 e. The van der Waals surface area contributed by atoms with Gasteiger partial charge in [0, 0.05) is 25.6 Å². The van der Waals surface area contributed by atoms with Gasteiger partial charge in [0.2, 0.25) is 5.91 Å². The summed E-state index contributed by atoms with van der Waals surface area (Å²) in [5.41, 5.74) is 0. The van der Waals surface area contributed by atoms with Crippen molar-refractivity contribution in [2.24, 2.45) is 0 Å². The lowest BCUT2D eigenvalue weighted by Crippen LogP contribution is -2.44. The van der Waals surface area contributed by atoms with Crippen LogP contribution in [-0.4, -0.2) is 36.5 Å². The van der Waals surface area contributed by atoms with Crippen LogP contribution in [0.2, 0.25) is 0 Å². The van der Waals surface area contributed by atoms with Crippen LogP contribution in [-0.2, 0) is 4.79 Å². The molecule has 1 fully saturated rings. The second-order valence-electron chi connectivity index (χ2n) is 3.96. The van der Waals surface area contributed by atoms with Gasteiger partial charge in [0.15, 0.2) is 0 Å². The topological polar surface area (TPSA) is 32.3 Å². The van der Waals surface area contributed by atoms with Crippen molar-refractivity contribution in [2.75, 3.05) is 19.6 Å². The largest absolute Gasteiger partial charge is 0.343 e. The van der Waals surface area contributed by atoms with Crippen molar-refractivity contribution in [1.82, 2.24) is 10.2 Å². The van der Waals surface area contributed by atoms with Crippen molar-refractivity contribution < 1.29 is 4.79 Å². The molecule has 1 aliphatic heterocycles. The normalized spacial score (nSPS) is 18.6. The van der Waals surface area contributed by atoms with Gasteiger partial charge in [-0.15, -0.1) is 0 Å². The highest BCUT2D eigenvalue weighted by atomic mass is 16.2. The Morgan fingerprint density at radius 2 is 2.00 bits per heavy atom. The molecule has 0 radical (unpaired) electrons. The van der Waals surface area contributed by atoms with E-state index in [0.29, 0.717) is 18.4 Å². The SMILES string of the molecule is CCCNC1CCN(C(=O)CC)CC1. The highest BCUT2D eigenvalue weighted by molar-refractivity contribution is 5.75. The summed E-state index contributed by atoms with van der Waals surface area (Å²) in [4.78, 5) is 13.4. The average molecular weight is 198 g/mol. The van der Waals surface area contributed by atoms with Crippen LogP contribution in [0.5, 0.6) is 0 Å². The Morgan fingerprint density at radius 3 is 2.50 bits per heavy atom. The number of hydrogen-bond acceptors (Lipinski definition) is 2. The molecule has 0 aliphatic carbocycles. The highest BCUT2D eigenvalue weighted by Gasteiger charge is 2.20. The number of amides is 1. The van der Waals surface area contributed by atoms with Crippen molar-refractivity contribution in [3.63, 3.8) is 0 Å². The molecule has 3 nitrogen and oxygen atoms in total. The summed E-state index contributed by atoms with van der Waals surface area (Å²) in [6, 6.07) is 0.635. The van der Waals surface area contributed by atoms with Crippen molar-refractivity contribution in [2.45, 2.75) is 45.6 Å². The lowest BCUT2D eigenvalue weighted by atomic mass is 10.0. The number of hydrogen-bond donors (Lipinski definition) is 1. The zero-order chi connectivity index (χ0) is 10.4. The van der Waals surface area contributed by atoms with E-state index in [-0.39, 0.29) is 0 Å². The predicted molar refractivity (Wildman–Crippen MR) is 58.2 cm³/mol. The smallest absolute Gasteiger partial charge is 0.222 e. The number of nitrogens with zero attached hydrogens (tertiary/aromatic N) is 1. The predicted octanol–water partition coefficient (Wildman–Crippen LogP) is 1.39. The van der Waals surface area contributed by atoms with Crippen molar-refractivity contribution in [3.8, 4) is 0 Å². The summed E-state index contributed by atoms with van der Waals surface area (Å²) in [6.45, 7) is 7.10. The fourth-order valence-corrected chi connectivity index (χ4v) is 1.91. The zero-order valence-corrected chi connectivity index (χ0v) is 9.38. The van der Waals surface area contributed by atoms with E-state index < -0.39 is 0 Å². The first-order chi connectivity index (χ1) is 6.77. The third-order valence-electron chi connectivity index (χ3n) is 2.83. The second kappa shape index (κ2) is 6.02. The first-order valence-corrected chi connectivity index (χ1v) is 5.79. The lowest BCUT2D eigenvalue weighted by Gasteiger charge is -2.32. The molecule has 3 heteroatoms. The summed E-state index contributed by atoms with van der Waals surface area (Å²) < 4.78 is 0. The molecule has 0 aromatic carbocycles. The van der Waals surface area contributed by atoms with Crippen molar-refractivity contribution in [1.29, 1.82) is 0 Å². The summed E-state index contributed by atoms with van der Waals surface area (Å²) in [7, 11) is 0. The Labute approximate surface area is 86.9 Å². The van der Waals surface area contributed by atoms with Crippen LogP contribution in [0.1, 0.15) is 39.5 Å². The molecule has 1 amide bonds. The maximum Gasteiger partial charge on any atom is 0.222 e. The van der Waals surface area contributed by atoms with Gasteiger partial charge in [0.25, 0.3) is 0 Å². The number of carbonyl (C=O) groups excluding carboxylic acids is 1. The molecule has 82 valence electrons. The van der Waals surface area contributed by atoms with Gasteiger partial charge in [-0.3, -0.25) is 4.79 Å². The van der Waals surface area contributed by atoms with Gasteiger partial charge in [-0.25, -0.2) is 0 Å². The molecule has 0 unspecified atom stereocenters. The number of likely N-dealkylation sites (tertiary alicyclic amines) is 1. The lowest BCUT2D eigenvalue weighted by molar-refractivity contribution is -0.131. The Balaban J connectivity index is 2.20. The highest BCUT2D eigenvalue weighted by Crippen LogP contribution is 2.11. The third kappa shape index (κ3) is 3.29. The molecule has 0 spiro atoms. The van der Waals surface area contributed by atoms with E-state index in [2.05, 4.69) is 12.2 Å². The van der Waals surface area contributed by atoms with E-state index in [1.807, 2.05) is 11.8 Å². The zero-order valence-electron chi connectivity index (χ0n) is 9.38. The van der Waals surface area contributed by atoms with Gasteiger partial charge in [0.05, 0.1) is 0 Å². The Hall–Kier alpha value is -0.570. The first-order valence-electron chi connectivity index (χ1n) is 5.79. The van der Waals surface area contributed by atoms with Crippen LogP contribution in [0.4, 0.5) is 0 Å². The molecule has 1 rings (SSSR count). The number of piperidine rings is 1. The summed E-state index contributed by atoms with van der Waals surface area (Å²) in [5, 5.41) is 3.51. The van der Waals surface area contributed by atoms with Crippen LogP contribution >= 0.6 is 0 Å². The molecule has 0 saturated carbocycles. The fraction of sp³-hybridized carbons (Fsp3) is 0.909. The van der Waals surface area contributed by atoms with Gasteiger partial charge < -0.3 is 10.2 Å². The number of nitrogens with one attached hydrogen (secondary N) is 1. The van der Waals surface area contributed by atoms with E-state index in [0.717, 1.165) is 32.5 Å². The molecule has 0 aromatic heterocycles. The minimum absolute atomic E-state index is 0.305. The van der Waals surface area contributed by atoms with Gasteiger partial charge >= 0.3 is 0 Å². The van der Waals surface area contributed by atoms with E-state index in [1.165, 1.54) is 6.42 Å². The van der Waals surface area contributed by atoms with E-state index in [4.69, 9.17) is 0 Å². The maximum atomic E-state index is 11.4. The third-order valence-corrected chi connectivity index (χ3v) is 2.83. The number of carbonyl (C=O) groups is 1. The molecule has 14 heavy (non-hydrogen) atoms. The van der Waals surface area contributed by atoms with E-state index >= 15 is 0 Å². The molecule has 1 N–H and O–H groups in total. The summed E-state index contributed by atoms with van der Waals surface area (Å²) in [5.74, 6) is 0.305. The first kappa shape index (κ1) is 11.5. The monoisotopic (exact) mass is 198 g/mol. The van der Waals surface area contributed by atoms with E-state index in [9.17, 15) is 4.79 Å². The molecule has 0 atom stereocenters. The summed E-state index contributed by atoms with van der Waals surface area (Å²) in [6.07, 6.45) is 4.07. The molecule has 0 aromatic rings. The van der Waals surface area contributed by atoms with Crippen molar-refractivity contribution in [3.05, 3.63) is 0 Å². The van der Waals surface area contributed by atoms with Crippen LogP contribution in [0.3, 0.4) is 0 Å².